The SMILES string of the molecule is CC(NC(=O)COc1ccc([N+](=O)[O-])cc1)C(=O)Oc1ccc2c(=O)c(-c3ccccc3)coc2c1. The van der Waals surface area contributed by atoms with E-state index in [-0.39, 0.29) is 28.2 Å². The van der Waals surface area contributed by atoms with Gasteiger partial charge in [0.1, 0.15) is 29.4 Å². The van der Waals surface area contributed by atoms with Crippen molar-refractivity contribution >= 4 is 28.5 Å². The monoisotopic (exact) mass is 488 g/mol. The molecule has 4 aromatic rings. The minimum atomic E-state index is -0.999. The summed E-state index contributed by atoms with van der Waals surface area (Å²) >= 11 is 0. The van der Waals surface area contributed by atoms with Gasteiger partial charge in [-0.2, -0.15) is 0 Å². The van der Waals surface area contributed by atoms with Gasteiger partial charge >= 0.3 is 5.97 Å². The molecule has 1 N–H and O–H groups in total. The zero-order valence-electron chi connectivity index (χ0n) is 19.0. The summed E-state index contributed by atoms with van der Waals surface area (Å²) in [6.07, 6.45) is 1.36. The molecule has 4 rings (SSSR count). The molecule has 0 radical (unpaired) electrons. The first-order valence-electron chi connectivity index (χ1n) is 10.8. The Morgan fingerprint density at radius 2 is 1.72 bits per heavy atom. The zero-order valence-corrected chi connectivity index (χ0v) is 19.0. The topological polar surface area (TPSA) is 138 Å². The fraction of sp³-hybridized carbons (Fsp3) is 0.115. The Morgan fingerprint density at radius 3 is 2.42 bits per heavy atom. The largest absolute Gasteiger partial charge is 0.484 e. The van der Waals surface area contributed by atoms with Crippen molar-refractivity contribution in [2.24, 2.45) is 0 Å². The molecule has 10 heteroatoms. The molecule has 0 saturated heterocycles. The molecule has 0 fully saturated rings. The third-order valence-electron chi connectivity index (χ3n) is 5.20. The highest BCUT2D eigenvalue weighted by Crippen LogP contribution is 2.23. The second-order valence-corrected chi connectivity index (χ2v) is 7.75. The third kappa shape index (κ3) is 5.55. The van der Waals surface area contributed by atoms with Crippen molar-refractivity contribution in [2.75, 3.05) is 6.61 Å². The number of benzene rings is 3. The van der Waals surface area contributed by atoms with E-state index < -0.39 is 29.4 Å². The normalized spacial score (nSPS) is 11.5. The third-order valence-corrected chi connectivity index (χ3v) is 5.20. The van der Waals surface area contributed by atoms with Crippen molar-refractivity contribution in [3.8, 4) is 22.6 Å². The van der Waals surface area contributed by atoms with Gasteiger partial charge in [0.05, 0.1) is 15.9 Å². The standard InChI is InChI=1S/C26H20N2O8/c1-16(27-24(29)15-34-19-9-7-18(8-10-19)28(32)33)26(31)36-20-11-12-21-23(13-20)35-14-22(25(21)30)17-5-3-2-4-6-17/h2-14,16H,15H2,1H3,(H,27,29). The maximum Gasteiger partial charge on any atom is 0.333 e. The van der Waals surface area contributed by atoms with Gasteiger partial charge in [-0.05, 0) is 36.8 Å². The molecule has 1 amide bonds. The van der Waals surface area contributed by atoms with Crippen LogP contribution >= 0.6 is 0 Å². The number of carbonyl (C=O) groups excluding carboxylic acids is 2. The van der Waals surface area contributed by atoms with Gasteiger partial charge in [-0.1, -0.05) is 30.3 Å². The van der Waals surface area contributed by atoms with E-state index in [9.17, 15) is 24.5 Å². The molecule has 3 aromatic carbocycles. The molecule has 1 atom stereocenters. The number of nitrogens with one attached hydrogen (secondary N) is 1. The van der Waals surface area contributed by atoms with Gasteiger partial charge in [-0.3, -0.25) is 19.7 Å². The van der Waals surface area contributed by atoms with Crippen LogP contribution < -0.4 is 20.2 Å². The summed E-state index contributed by atoms with van der Waals surface area (Å²) in [7, 11) is 0. The minimum Gasteiger partial charge on any atom is -0.484 e. The number of nitro groups is 1. The van der Waals surface area contributed by atoms with Crippen LogP contribution in [-0.4, -0.2) is 29.4 Å². The van der Waals surface area contributed by atoms with E-state index in [1.165, 1.54) is 55.7 Å². The van der Waals surface area contributed by atoms with Crippen LogP contribution in [0, 0.1) is 10.1 Å². The predicted octanol–water partition coefficient (Wildman–Crippen LogP) is 3.86. The van der Waals surface area contributed by atoms with Crippen LogP contribution in [0.5, 0.6) is 11.5 Å². The predicted molar refractivity (Wildman–Crippen MR) is 130 cm³/mol. The number of nitrogens with zero attached hydrogens (tertiary/aromatic N) is 1. The number of ether oxygens (including phenoxy) is 2. The van der Waals surface area contributed by atoms with Crippen LogP contribution in [0.25, 0.3) is 22.1 Å². The van der Waals surface area contributed by atoms with E-state index in [4.69, 9.17) is 13.9 Å². The molecular formula is C26H20N2O8. The van der Waals surface area contributed by atoms with Crippen LogP contribution in [0.1, 0.15) is 6.92 Å². The second-order valence-electron chi connectivity index (χ2n) is 7.75. The molecule has 1 heterocycles. The van der Waals surface area contributed by atoms with Crippen molar-refractivity contribution in [1.29, 1.82) is 0 Å². The maximum absolute atomic E-state index is 12.8. The molecule has 10 nitrogen and oxygen atoms in total. The number of carbonyl (C=O) groups is 2. The summed E-state index contributed by atoms with van der Waals surface area (Å²) in [6, 6.07) is 17.7. The molecule has 182 valence electrons. The highest BCUT2D eigenvalue weighted by Gasteiger charge is 2.19. The summed E-state index contributed by atoms with van der Waals surface area (Å²) in [5.41, 5.74) is 1.07. The van der Waals surface area contributed by atoms with Crippen molar-refractivity contribution in [3.05, 3.63) is 99.4 Å². The number of rotatable bonds is 8. The smallest absolute Gasteiger partial charge is 0.333 e. The molecule has 0 bridgehead atoms. The lowest BCUT2D eigenvalue weighted by Gasteiger charge is -2.14. The minimum absolute atomic E-state index is 0.104. The average molecular weight is 488 g/mol. The lowest BCUT2D eigenvalue weighted by atomic mass is 10.1. The number of hydrogen-bond donors (Lipinski definition) is 1. The number of nitro benzene ring substituents is 1. The first-order valence-corrected chi connectivity index (χ1v) is 10.8. The molecule has 36 heavy (non-hydrogen) atoms. The fourth-order valence-corrected chi connectivity index (χ4v) is 3.35. The Hall–Kier alpha value is -4.99. The molecule has 0 saturated carbocycles. The summed E-state index contributed by atoms with van der Waals surface area (Å²) in [6.45, 7) is 1.04. The van der Waals surface area contributed by atoms with Gasteiger partial charge in [0.25, 0.3) is 11.6 Å². The Bertz CT molecular complexity index is 1480. The number of non-ortho nitro benzene ring substituents is 1. The average Bonchev–Trinajstić information content (AvgIpc) is 2.88. The van der Waals surface area contributed by atoms with Gasteiger partial charge in [0.2, 0.25) is 0 Å². The Morgan fingerprint density at radius 1 is 1.03 bits per heavy atom. The molecular weight excluding hydrogens is 468 g/mol. The lowest BCUT2D eigenvalue weighted by molar-refractivity contribution is -0.384. The van der Waals surface area contributed by atoms with Crippen molar-refractivity contribution in [3.63, 3.8) is 0 Å². The number of esters is 1. The highest BCUT2D eigenvalue weighted by molar-refractivity contribution is 5.87. The second kappa shape index (κ2) is 10.5. The van der Waals surface area contributed by atoms with Gasteiger partial charge in [-0.25, -0.2) is 4.79 Å². The van der Waals surface area contributed by atoms with Crippen molar-refractivity contribution in [1.82, 2.24) is 5.32 Å². The summed E-state index contributed by atoms with van der Waals surface area (Å²) in [5, 5.41) is 13.5. The van der Waals surface area contributed by atoms with E-state index >= 15 is 0 Å². The Kier molecular flexibility index (Phi) is 7.05. The number of fused-ring (bicyclic) bond motifs is 1. The molecule has 0 aliphatic heterocycles. The fourth-order valence-electron chi connectivity index (χ4n) is 3.35. The van der Waals surface area contributed by atoms with Gasteiger partial charge in [-0.15, -0.1) is 0 Å². The van der Waals surface area contributed by atoms with Crippen molar-refractivity contribution in [2.45, 2.75) is 13.0 Å². The lowest BCUT2D eigenvalue weighted by Crippen LogP contribution is -2.42. The Labute approximate surface area is 204 Å². The zero-order chi connectivity index (χ0) is 25.7. The van der Waals surface area contributed by atoms with Gasteiger partial charge in [0.15, 0.2) is 12.0 Å². The van der Waals surface area contributed by atoms with E-state index in [1.807, 2.05) is 18.2 Å². The van der Waals surface area contributed by atoms with Crippen LogP contribution in [0.4, 0.5) is 5.69 Å². The van der Waals surface area contributed by atoms with Crippen LogP contribution in [0.3, 0.4) is 0 Å². The van der Waals surface area contributed by atoms with E-state index in [1.54, 1.807) is 12.1 Å². The maximum atomic E-state index is 12.8. The van der Waals surface area contributed by atoms with Crippen LogP contribution in [0.15, 0.2) is 88.3 Å². The molecule has 0 aliphatic rings. The van der Waals surface area contributed by atoms with E-state index in [0.29, 0.717) is 10.9 Å². The van der Waals surface area contributed by atoms with Crippen molar-refractivity contribution < 1.29 is 28.4 Å². The first kappa shape index (κ1) is 24.1. The first-order chi connectivity index (χ1) is 17.3. The summed E-state index contributed by atoms with van der Waals surface area (Å²) in [4.78, 5) is 47.5. The van der Waals surface area contributed by atoms with Gasteiger partial charge in [0, 0.05) is 18.2 Å². The summed E-state index contributed by atoms with van der Waals surface area (Å²) < 4.78 is 16.2. The summed E-state index contributed by atoms with van der Waals surface area (Å²) in [5.74, 6) is -0.914. The Balaban J connectivity index is 1.35. The molecule has 0 spiro atoms. The van der Waals surface area contributed by atoms with E-state index in [0.717, 1.165) is 5.56 Å². The molecule has 1 aromatic heterocycles. The van der Waals surface area contributed by atoms with E-state index in [2.05, 4.69) is 5.32 Å². The number of hydrogen-bond acceptors (Lipinski definition) is 8. The van der Waals surface area contributed by atoms with Crippen LogP contribution in [0.2, 0.25) is 0 Å². The molecule has 1 unspecified atom stereocenters. The van der Waals surface area contributed by atoms with Gasteiger partial charge < -0.3 is 19.2 Å². The quantitative estimate of drug-likeness (QED) is 0.171. The van der Waals surface area contributed by atoms with Crippen LogP contribution in [-0.2, 0) is 9.59 Å². The number of amides is 1. The molecule has 0 aliphatic carbocycles. The highest BCUT2D eigenvalue weighted by atomic mass is 16.6.